The maximum Gasteiger partial charge on any atom is 0.272 e. The van der Waals surface area contributed by atoms with Crippen molar-refractivity contribution < 1.29 is 13.2 Å². The molecule has 0 radical (unpaired) electrons. The molecule has 1 aromatic heterocycles. The molecular weight excluding hydrogens is 350 g/mol. The van der Waals surface area contributed by atoms with Crippen LogP contribution in [0.15, 0.2) is 41.4 Å². The maximum absolute atomic E-state index is 12.6. The molecule has 1 aliphatic rings. The minimum atomic E-state index is -3.55. The molecule has 2 aromatic rings. The van der Waals surface area contributed by atoms with Gasteiger partial charge in [-0.1, -0.05) is 18.0 Å². The monoisotopic (exact) mass is 367 g/mol. The number of aromatic amines is 1. The largest absolute Gasteiger partial charge is 0.356 e. The van der Waals surface area contributed by atoms with Crippen molar-refractivity contribution in [3.8, 4) is 0 Å². The molecule has 0 bridgehead atoms. The van der Waals surface area contributed by atoms with Gasteiger partial charge in [0.25, 0.3) is 5.91 Å². The second kappa shape index (κ2) is 6.96. The summed E-state index contributed by atoms with van der Waals surface area (Å²) in [6, 6.07) is 8.05. The van der Waals surface area contributed by atoms with Gasteiger partial charge < -0.3 is 10.3 Å². The fourth-order valence-corrected chi connectivity index (χ4v) is 4.28. The molecule has 2 heterocycles. The van der Waals surface area contributed by atoms with Crippen molar-refractivity contribution in [2.75, 3.05) is 18.4 Å². The Morgan fingerprint density at radius 3 is 2.46 bits per heavy atom. The quantitative estimate of drug-likeness (QED) is 0.871. The van der Waals surface area contributed by atoms with Gasteiger partial charge in [-0.3, -0.25) is 4.79 Å². The van der Waals surface area contributed by atoms with Gasteiger partial charge in [0, 0.05) is 30.0 Å². The lowest BCUT2D eigenvalue weighted by atomic mass is 10.2. The van der Waals surface area contributed by atoms with Gasteiger partial charge in [0.1, 0.15) is 10.6 Å². The van der Waals surface area contributed by atoms with Gasteiger partial charge in [-0.05, 0) is 43.2 Å². The first kappa shape index (κ1) is 17.0. The third-order valence-corrected chi connectivity index (χ3v) is 6.08. The van der Waals surface area contributed by atoms with Crippen LogP contribution in [0.3, 0.4) is 0 Å². The lowest BCUT2D eigenvalue weighted by molar-refractivity contribution is 0.102. The van der Waals surface area contributed by atoms with Crippen LogP contribution in [0, 0.1) is 0 Å². The van der Waals surface area contributed by atoms with E-state index >= 15 is 0 Å². The van der Waals surface area contributed by atoms with E-state index in [1.165, 1.54) is 16.6 Å². The van der Waals surface area contributed by atoms with Gasteiger partial charge in [-0.2, -0.15) is 4.31 Å². The average Bonchev–Trinajstić information content (AvgIpc) is 3.09. The van der Waals surface area contributed by atoms with Crippen LogP contribution in [0.5, 0.6) is 0 Å². The number of carbonyl (C=O) groups is 1. The Hall–Kier alpha value is -1.83. The SMILES string of the molecule is O=C(Nc1ccc(Cl)cc1)c1cc(S(=O)(=O)N2CCCCC2)c[nH]1. The number of carbonyl (C=O) groups excluding carboxylic acids is 1. The van der Waals surface area contributed by atoms with E-state index in [-0.39, 0.29) is 10.6 Å². The third-order valence-electron chi connectivity index (χ3n) is 3.96. The Morgan fingerprint density at radius 1 is 1.12 bits per heavy atom. The predicted molar refractivity (Wildman–Crippen MR) is 92.8 cm³/mol. The number of rotatable bonds is 4. The van der Waals surface area contributed by atoms with Gasteiger partial charge in [0.05, 0.1) is 0 Å². The highest BCUT2D eigenvalue weighted by Crippen LogP contribution is 2.21. The molecule has 1 saturated heterocycles. The van der Waals surface area contributed by atoms with Gasteiger partial charge in [-0.25, -0.2) is 8.42 Å². The van der Waals surface area contributed by atoms with Crippen LogP contribution in [0.2, 0.25) is 5.02 Å². The summed E-state index contributed by atoms with van der Waals surface area (Å²) in [7, 11) is -3.55. The summed E-state index contributed by atoms with van der Waals surface area (Å²) in [4.78, 5) is 15.1. The van der Waals surface area contributed by atoms with Gasteiger partial charge >= 0.3 is 0 Å². The molecule has 1 amide bonds. The Balaban J connectivity index is 1.74. The molecule has 6 nitrogen and oxygen atoms in total. The van der Waals surface area contributed by atoms with Gasteiger partial charge in [-0.15, -0.1) is 0 Å². The third kappa shape index (κ3) is 3.63. The lowest BCUT2D eigenvalue weighted by Crippen LogP contribution is -2.35. The first-order chi connectivity index (χ1) is 11.5. The number of nitrogens with one attached hydrogen (secondary N) is 2. The number of halogens is 1. The van der Waals surface area contributed by atoms with E-state index < -0.39 is 15.9 Å². The van der Waals surface area contributed by atoms with E-state index in [9.17, 15) is 13.2 Å². The molecule has 0 atom stereocenters. The zero-order valence-corrected chi connectivity index (χ0v) is 14.5. The number of hydrogen-bond acceptors (Lipinski definition) is 3. The number of piperidine rings is 1. The Bertz CT molecular complexity index is 825. The van der Waals surface area contributed by atoms with Crippen LogP contribution in [0.1, 0.15) is 29.8 Å². The molecule has 1 fully saturated rings. The van der Waals surface area contributed by atoms with Crippen molar-refractivity contribution >= 4 is 33.2 Å². The number of H-pyrrole nitrogens is 1. The van der Waals surface area contributed by atoms with E-state index in [1.54, 1.807) is 24.3 Å². The number of anilines is 1. The summed E-state index contributed by atoms with van der Waals surface area (Å²) in [5.41, 5.74) is 0.778. The number of aromatic nitrogens is 1. The van der Waals surface area contributed by atoms with E-state index in [2.05, 4.69) is 10.3 Å². The van der Waals surface area contributed by atoms with Crippen molar-refractivity contribution in [3.63, 3.8) is 0 Å². The minimum Gasteiger partial charge on any atom is -0.356 e. The van der Waals surface area contributed by atoms with E-state index in [0.717, 1.165) is 19.3 Å². The first-order valence-corrected chi connectivity index (χ1v) is 9.54. The molecular formula is C16H18ClN3O3S. The second-order valence-electron chi connectivity index (χ2n) is 5.67. The second-order valence-corrected chi connectivity index (χ2v) is 8.05. The molecule has 128 valence electrons. The zero-order chi connectivity index (χ0) is 17.2. The fraction of sp³-hybridized carbons (Fsp3) is 0.312. The van der Waals surface area contributed by atoms with E-state index in [0.29, 0.717) is 23.8 Å². The highest BCUT2D eigenvalue weighted by atomic mass is 35.5. The van der Waals surface area contributed by atoms with Crippen molar-refractivity contribution in [1.29, 1.82) is 0 Å². The van der Waals surface area contributed by atoms with Crippen LogP contribution in [-0.4, -0.2) is 36.7 Å². The number of amides is 1. The molecule has 1 aliphatic heterocycles. The standard InChI is InChI=1S/C16H18ClN3O3S/c17-12-4-6-13(7-5-12)19-16(21)15-10-14(11-18-15)24(22,23)20-8-2-1-3-9-20/h4-7,10-11,18H,1-3,8-9H2,(H,19,21). The fourth-order valence-electron chi connectivity index (χ4n) is 2.64. The Kier molecular flexibility index (Phi) is 4.93. The van der Waals surface area contributed by atoms with Gasteiger partial charge in [0.2, 0.25) is 10.0 Å². The van der Waals surface area contributed by atoms with E-state index in [4.69, 9.17) is 11.6 Å². The van der Waals surface area contributed by atoms with Gasteiger partial charge in [0.15, 0.2) is 0 Å². The molecule has 0 unspecified atom stereocenters. The Morgan fingerprint density at radius 2 is 1.79 bits per heavy atom. The maximum atomic E-state index is 12.6. The van der Waals surface area contributed by atoms with E-state index in [1.807, 2.05) is 0 Å². The predicted octanol–water partition coefficient (Wildman–Crippen LogP) is 3.10. The summed E-state index contributed by atoms with van der Waals surface area (Å²) in [5.74, 6) is -0.405. The molecule has 1 aromatic carbocycles. The molecule has 0 saturated carbocycles. The molecule has 0 spiro atoms. The summed E-state index contributed by atoms with van der Waals surface area (Å²) >= 11 is 5.80. The lowest BCUT2D eigenvalue weighted by Gasteiger charge is -2.25. The topological polar surface area (TPSA) is 82.3 Å². The van der Waals surface area contributed by atoms with Crippen molar-refractivity contribution in [1.82, 2.24) is 9.29 Å². The smallest absolute Gasteiger partial charge is 0.272 e. The van der Waals surface area contributed by atoms with Crippen molar-refractivity contribution in [3.05, 3.63) is 47.2 Å². The molecule has 2 N–H and O–H groups in total. The number of benzene rings is 1. The highest BCUT2D eigenvalue weighted by Gasteiger charge is 2.27. The minimum absolute atomic E-state index is 0.116. The van der Waals surface area contributed by atoms with Crippen molar-refractivity contribution in [2.24, 2.45) is 0 Å². The highest BCUT2D eigenvalue weighted by molar-refractivity contribution is 7.89. The van der Waals surface area contributed by atoms with Crippen LogP contribution in [-0.2, 0) is 10.0 Å². The van der Waals surface area contributed by atoms with Crippen LogP contribution in [0.4, 0.5) is 5.69 Å². The molecule has 3 rings (SSSR count). The molecule has 24 heavy (non-hydrogen) atoms. The first-order valence-electron chi connectivity index (χ1n) is 7.72. The Labute approximate surface area is 145 Å². The molecule has 8 heteroatoms. The van der Waals surface area contributed by atoms with Crippen LogP contribution >= 0.6 is 11.6 Å². The normalized spacial score (nSPS) is 16.0. The summed E-state index contributed by atoms with van der Waals surface area (Å²) < 4.78 is 26.6. The number of hydrogen-bond donors (Lipinski definition) is 2. The van der Waals surface area contributed by atoms with Crippen LogP contribution < -0.4 is 5.32 Å². The zero-order valence-electron chi connectivity index (χ0n) is 13.0. The molecule has 0 aliphatic carbocycles. The number of nitrogens with zero attached hydrogens (tertiary/aromatic N) is 1. The van der Waals surface area contributed by atoms with Crippen LogP contribution in [0.25, 0.3) is 0 Å². The van der Waals surface area contributed by atoms with Crippen molar-refractivity contribution in [2.45, 2.75) is 24.2 Å². The summed E-state index contributed by atoms with van der Waals surface area (Å²) in [6.45, 7) is 1.06. The summed E-state index contributed by atoms with van der Waals surface area (Å²) in [5, 5.41) is 3.26. The number of sulfonamides is 1. The summed E-state index contributed by atoms with van der Waals surface area (Å²) in [6.07, 6.45) is 4.15. The average molecular weight is 368 g/mol.